The molecule has 186 valence electrons. The van der Waals surface area contributed by atoms with Crippen molar-refractivity contribution in [2.24, 2.45) is 18.9 Å². The van der Waals surface area contributed by atoms with Crippen LogP contribution in [0.15, 0.2) is 24.4 Å². The Labute approximate surface area is 205 Å². The van der Waals surface area contributed by atoms with E-state index in [1.54, 1.807) is 0 Å². The molecule has 1 saturated carbocycles. The van der Waals surface area contributed by atoms with Gasteiger partial charge in [-0.1, -0.05) is 13.8 Å². The number of amides is 1. The van der Waals surface area contributed by atoms with Gasteiger partial charge >= 0.3 is 5.97 Å². The molecule has 1 fully saturated rings. The van der Waals surface area contributed by atoms with E-state index < -0.39 is 5.97 Å². The van der Waals surface area contributed by atoms with Crippen molar-refractivity contribution in [1.29, 1.82) is 0 Å². The highest BCUT2D eigenvalue weighted by molar-refractivity contribution is 5.85. The fourth-order valence-electron chi connectivity index (χ4n) is 6.25. The number of aromatic nitrogens is 4. The fraction of sp³-hybridized carbons (Fsp3) is 0.556. The predicted molar refractivity (Wildman–Crippen MR) is 133 cm³/mol. The number of carbonyl (C=O) groups excluding carboxylic acids is 1. The van der Waals surface area contributed by atoms with E-state index in [0.717, 1.165) is 41.0 Å². The molecule has 0 aromatic carbocycles. The Balaban J connectivity index is 1.44. The maximum absolute atomic E-state index is 13.5. The van der Waals surface area contributed by atoms with Gasteiger partial charge in [0.2, 0.25) is 5.91 Å². The van der Waals surface area contributed by atoms with Crippen LogP contribution in [0.5, 0.6) is 0 Å². The van der Waals surface area contributed by atoms with E-state index in [4.69, 9.17) is 4.98 Å². The number of hydrogen-bond donors (Lipinski definition) is 1. The average Bonchev–Trinajstić information content (AvgIpc) is 3.30. The zero-order valence-corrected chi connectivity index (χ0v) is 21.1. The molecule has 0 unspecified atom stereocenters. The molecular formula is C27H35N5O3. The Bertz CT molecular complexity index is 1280. The van der Waals surface area contributed by atoms with Gasteiger partial charge in [-0.2, -0.15) is 5.10 Å². The van der Waals surface area contributed by atoms with Gasteiger partial charge in [0.1, 0.15) is 5.65 Å². The summed E-state index contributed by atoms with van der Waals surface area (Å²) in [6, 6.07) is 6.24. The van der Waals surface area contributed by atoms with Gasteiger partial charge in [0.25, 0.3) is 0 Å². The number of fused-ring (bicyclic) bond motifs is 3. The smallest absolute Gasteiger partial charge is 0.306 e. The zero-order valence-electron chi connectivity index (χ0n) is 21.1. The van der Waals surface area contributed by atoms with Crippen LogP contribution in [0.25, 0.3) is 11.0 Å². The maximum Gasteiger partial charge on any atom is 0.306 e. The summed E-state index contributed by atoms with van der Waals surface area (Å²) >= 11 is 0. The van der Waals surface area contributed by atoms with Crippen LogP contribution in [-0.2, 0) is 35.1 Å². The van der Waals surface area contributed by atoms with Crippen molar-refractivity contribution < 1.29 is 14.7 Å². The number of pyridine rings is 1. The summed E-state index contributed by atoms with van der Waals surface area (Å²) in [7, 11) is 1.97. The first-order valence-electron chi connectivity index (χ1n) is 12.6. The van der Waals surface area contributed by atoms with Gasteiger partial charge < -0.3 is 14.6 Å². The molecule has 1 aliphatic heterocycles. The molecule has 1 aliphatic carbocycles. The van der Waals surface area contributed by atoms with Crippen LogP contribution in [0.2, 0.25) is 0 Å². The van der Waals surface area contributed by atoms with Gasteiger partial charge in [-0.15, -0.1) is 0 Å². The lowest BCUT2D eigenvalue weighted by Crippen LogP contribution is -2.46. The van der Waals surface area contributed by atoms with Crippen molar-refractivity contribution in [3.8, 4) is 0 Å². The summed E-state index contributed by atoms with van der Waals surface area (Å²) in [5.41, 5.74) is 5.26. The fourth-order valence-corrected chi connectivity index (χ4v) is 6.25. The molecule has 0 atom stereocenters. The topological polar surface area (TPSA) is 93.3 Å². The van der Waals surface area contributed by atoms with Crippen molar-refractivity contribution in [2.75, 3.05) is 6.54 Å². The van der Waals surface area contributed by atoms with Gasteiger partial charge in [-0.25, -0.2) is 4.98 Å². The quantitative estimate of drug-likeness (QED) is 0.599. The lowest BCUT2D eigenvalue weighted by molar-refractivity contribution is -0.143. The van der Waals surface area contributed by atoms with Gasteiger partial charge in [0.05, 0.1) is 30.4 Å². The van der Waals surface area contributed by atoms with Gasteiger partial charge in [0.15, 0.2) is 0 Å². The Morgan fingerprint density at radius 3 is 2.60 bits per heavy atom. The third-order valence-corrected chi connectivity index (χ3v) is 7.96. The van der Waals surface area contributed by atoms with E-state index in [-0.39, 0.29) is 23.2 Å². The summed E-state index contributed by atoms with van der Waals surface area (Å²) in [6.45, 7) is 8.32. The Morgan fingerprint density at radius 2 is 1.94 bits per heavy atom. The van der Waals surface area contributed by atoms with Gasteiger partial charge in [-0.3, -0.25) is 14.3 Å². The third-order valence-electron chi connectivity index (χ3n) is 7.96. The molecule has 0 spiro atoms. The van der Waals surface area contributed by atoms with Crippen LogP contribution >= 0.6 is 0 Å². The molecule has 0 bridgehead atoms. The van der Waals surface area contributed by atoms with Crippen molar-refractivity contribution >= 4 is 22.9 Å². The first-order chi connectivity index (χ1) is 16.6. The number of rotatable bonds is 5. The predicted octanol–water partition coefficient (Wildman–Crippen LogP) is 4.03. The highest BCUT2D eigenvalue weighted by Crippen LogP contribution is 2.41. The molecule has 2 aliphatic rings. The Kier molecular flexibility index (Phi) is 5.93. The number of hydrogen-bond acceptors (Lipinski definition) is 4. The average molecular weight is 478 g/mol. The molecule has 1 N–H and O–H groups in total. The SMILES string of the molecule is Cc1cc(Cn2c3c(c4cccnc42)C(C)(C)CN(C(=O)C[C@H]2CC[C@H](C(=O)O)CC2)C3)n(C)n1. The molecule has 0 saturated heterocycles. The Hall–Kier alpha value is -3.16. The molecule has 0 radical (unpaired) electrons. The summed E-state index contributed by atoms with van der Waals surface area (Å²) in [4.78, 5) is 31.5. The number of carboxylic acid groups (broad SMARTS) is 1. The summed E-state index contributed by atoms with van der Waals surface area (Å²) < 4.78 is 4.18. The molecule has 8 heteroatoms. The lowest BCUT2D eigenvalue weighted by atomic mass is 9.78. The second-order valence-electron chi connectivity index (χ2n) is 11.1. The molecule has 3 aromatic heterocycles. The summed E-state index contributed by atoms with van der Waals surface area (Å²) in [6.07, 6.45) is 5.31. The van der Waals surface area contributed by atoms with Gasteiger partial charge in [-0.05, 0) is 62.3 Å². The molecule has 3 aromatic rings. The number of aliphatic carboxylic acids is 1. The first-order valence-corrected chi connectivity index (χ1v) is 12.6. The standard InChI is InChI=1S/C27H35N5O3/c1-17-12-20(30(4)29-17)14-32-22-15-31(23(33)13-18-7-9-19(10-8-18)26(34)35)16-27(2,3)24(22)21-6-5-11-28-25(21)32/h5-6,11-12,18-19H,7-10,13-16H2,1-4H3,(H,34,35)/t18-,19-. The van der Waals surface area contributed by atoms with E-state index in [1.807, 2.05) is 35.8 Å². The number of aryl methyl sites for hydroxylation is 2. The monoisotopic (exact) mass is 477 g/mol. The molecule has 1 amide bonds. The first kappa shape index (κ1) is 23.6. The highest BCUT2D eigenvalue weighted by atomic mass is 16.4. The summed E-state index contributed by atoms with van der Waals surface area (Å²) in [5, 5.41) is 15.0. The maximum atomic E-state index is 13.5. The minimum absolute atomic E-state index is 0.170. The summed E-state index contributed by atoms with van der Waals surface area (Å²) in [5.74, 6) is -0.516. The van der Waals surface area contributed by atoms with Crippen LogP contribution in [0, 0.1) is 18.8 Å². The van der Waals surface area contributed by atoms with Crippen molar-refractivity contribution in [3.63, 3.8) is 0 Å². The highest BCUT2D eigenvalue weighted by Gasteiger charge is 2.39. The van der Waals surface area contributed by atoms with E-state index >= 15 is 0 Å². The molecule has 35 heavy (non-hydrogen) atoms. The molecule has 5 rings (SSSR count). The minimum atomic E-state index is -0.704. The van der Waals surface area contributed by atoms with Crippen LogP contribution in [0.1, 0.15) is 68.6 Å². The Morgan fingerprint density at radius 1 is 1.20 bits per heavy atom. The van der Waals surface area contributed by atoms with E-state index in [1.165, 1.54) is 5.56 Å². The second-order valence-corrected chi connectivity index (χ2v) is 11.1. The van der Waals surface area contributed by atoms with Crippen LogP contribution in [-0.4, -0.2) is 47.8 Å². The van der Waals surface area contributed by atoms with Crippen LogP contribution < -0.4 is 0 Å². The zero-order chi connectivity index (χ0) is 24.9. The van der Waals surface area contributed by atoms with Crippen molar-refractivity contribution in [3.05, 3.63) is 47.0 Å². The number of carbonyl (C=O) groups is 2. The van der Waals surface area contributed by atoms with E-state index in [0.29, 0.717) is 38.9 Å². The third kappa shape index (κ3) is 4.34. The second kappa shape index (κ2) is 8.81. The number of nitrogens with zero attached hydrogens (tertiary/aromatic N) is 5. The van der Waals surface area contributed by atoms with E-state index in [9.17, 15) is 14.7 Å². The van der Waals surface area contributed by atoms with Crippen molar-refractivity contribution in [1.82, 2.24) is 24.2 Å². The van der Waals surface area contributed by atoms with E-state index in [2.05, 4.69) is 35.6 Å². The lowest BCUT2D eigenvalue weighted by Gasteiger charge is -2.40. The van der Waals surface area contributed by atoms with Crippen LogP contribution in [0.3, 0.4) is 0 Å². The molecular weight excluding hydrogens is 442 g/mol. The minimum Gasteiger partial charge on any atom is -0.481 e. The largest absolute Gasteiger partial charge is 0.481 e. The normalized spacial score (nSPS) is 21.8. The van der Waals surface area contributed by atoms with Crippen LogP contribution in [0.4, 0.5) is 0 Å². The molecule has 8 nitrogen and oxygen atoms in total. The van der Waals surface area contributed by atoms with Gasteiger partial charge in [0, 0.05) is 42.7 Å². The molecule has 4 heterocycles. The number of carboxylic acids is 1. The van der Waals surface area contributed by atoms with Crippen molar-refractivity contribution in [2.45, 2.75) is 71.4 Å².